The fourth-order valence-electron chi connectivity index (χ4n) is 2.14. The molecule has 0 saturated heterocycles. The Morgan fingerprint density at radius 1 is 1.08 bits per heavy atom. The number of non-ortho nitro benzene ring substituents is 1. The third-order valence-corrected chi connectivity index (χ3v) is 3.23. The number of benzene rings is 2. The van der Waals surface area contributed by atoms with Gasteiger partial charge in [0.05, 0.1) is 30.6 Å². The number of nitro benzene ring substituents is 1. The van der Waals surface area contributed by atoms with E-state index < -0.39 is 16.9 Å². The smallest absolute Gasteiger partial charge is 0.354 e. The van der Waals surface area contributed by atoms with E-state index in [1.54, 1.807) is 24.3 Å². The zero-order chi connectivity index (χ0) is 17.7. The Balaban J connectivity index is 2.53. The van der Waals surface area contributed by atoms with Gasteiger partial charge < -0.3 is 14.8 Å². The van der Waals surface area contributed by atoms with Gasteiger partial charge in [-0.15, -0.1) is 0 Å². The van der Waals surface area contributed by atoms with Crippen LogP contribution < -0.4 is 5.32 Å². The van der Waals surface area contributed by atoms with Crippen LogP contribution in [0.5, 0.6) is 0 Å². The first-order valence-corrected chi connectivity index (χ1v) is 6.79. The summed E-state index contributed by atoms with van der Waals surface area (Å²) in [4.78, 5) is 33.9. The summed E-state index contributed by atoms with van der Waals surface area (Å²) in [7, 11) is 2.35. The second kappa shape index (κ2) is 7.23. The molecule has 2 aromatic carbocycles. The minimum Gasteiger partial charge on any atom is -0.466 e. The van der Waals surface area contributed by atoms with E-state index in [2.05, 4.69) is 14.8 Å². The lowest BCUT2D eigenvalue weighted by Crippen LogP contribution is -2.15. The number of fused-ring (bicyclic) bond motifs is 1. The monoisotopic (exact) mass is 330 g/mol. The molecule has 24 heavy (non-hydrogen) atoms. The van der Waals surface area contributed by atoms with Crippen molar-refractivity contribution in [2.75, 3.05) is 19.5 Å². The zero-order valence-electron chi connectivity index (χ0n) is 12.9. The molecule has 8 heteroatoms. The minimum absolute atomic E-state index is 0.0623. The number of hydrogen-bond acceptors (Lipinski definition) is 7. The Morgan fingerprint density at radius 3 is 2.38 bits per heavy atom. The molecule has 0 aliphatic rings. The molecule has 124 valence electrons. The molecule has 0 amide bonds. The summed E-state index contributed by atoms with van der Waals surface area (Å²) < 4.78 is 9.12. The van der Waals surface area contributed by atoms with Crippen molar-refractivity contribution in [3.63, 3.8) is 0 Å². The molecule has 0 radical (unpaired) electrons. The molecule has 2 rings (SSSR count). The molecular weight excluding hydrogens is 316 g/mol. The molecule has 0 bridgehead atoms. The van der Waals surface area contributed by atoms with Crippen LogP contribution in [-0.4, -0.2) is 31.1 Å². The maximum atomic E-state index is 11.8. The van der Waals surface area contributed by atoms with Crippen LogP contribution in [-0.2, 0) is 19.1 Å². The zero-order valence-corrected chi connectivity index (χ0v) is 12.9. The number of esters is 2. The van der Waals surface area contributed by atoms with Crippen molar-refractivity contribution in [3.05, 3.63) is 58.3 Å². The standard InChI is InChI=1S/C16H14N2O6/c1-23-15(19)9-13(16(20)24-2)17-12-7-3-6-11-10(12)5-4-8-14(11)18(21)22/h3-9,17H,1-2H3/b13-9+. The summed E-state index contributed by atoms with van der Waals surface area (Å²) in [6.07, 6.45) is 0.946. The third kappa shape index (κ3) is 3.49. The van der Waals surface area contributed by atoms with E-state index in [1.807, 2.05) is 0 Å². The lowest BCUT2D eigenvalue weighted by atomic mass is 10.1. The van der Waals surface area contributed by atoms with Gasteiger partial charge in [-0.05, 0) is 12.1 Å². The molecule has 2 aromatic rings. The molecule has 1 N–H and O–H groups in total. The van der Waals surface area contributed by atoms with Gasteiger partial charge in [-0.2, -0.15) is 0 Å². The lowest BCUT2D eigenvalue weighted by molar-refractivity contribution is -0.383. The summed E-state index contributed by atoms with van der Waals surface area (Å²) in [6.45, 7) is 0. The topological polar surface area (TPSA) is 108 Å². The van der Waals surface area contributed by atoms with E-state index in [9.17, 15) is 19.7 Å². The van der Waals surface area contributed by atoms with E-state index in [0.717, 1.165) is 6.08 Å². The second-order valence-corrected chi connectivity index (χ2v) is 4.63. The average Bonchev–Trinajstić information content (AvgIpc) is 2.59. The fraction of sp³-hybridized carbons (Fsp3) is 0.125. The van der Waals surface area contributed by atoms with E-state index in [1.165, 1.54) is 26.4 Å². The van der Waals surface area contributed by atoms with Crippen molar-refractivity contribution < 1.29 is 24.0 Å². The van der Waals surface area contributed by atoms with Gasteiger partial charge in [0, 0.05) is 17.1 Å². The van der Waals surface area contributed by atoms with Crippen LogP contribution in [0.1, 0.15) is 0 Å². The Bertz CT molecular complexity index is 844. The minimum atomic E-state index is -0.775. The van der Waals surface area contributed by atoms with Gasteiger partial charge >= 0.3 is 11.9 Å². The van der Waals surface area contributed by atoms with Crippen LogP contribution in [0, 0.1) is 10.1 Å². The summed E-state index contributed by atoms with van der Waals surface area (Å²) >= 11 is 0. The number of nitro groups is 1. The molecule has 0 heterocycles. The highest BCUT2D eigenvalue weighted by atomic mass is 16.6. The number of rotatable bonds is 5. The first kappa shape index (κ1) is 16.9. The van der Waals surface area contributed by atoms with Crippen molar-refractivity contribution >= 4 is 34.1 Å². The number of hydrogen-bond donors (Lipinski definition) is 1. The predicted octanol–water partition coefficient (Wildman–Crippen LogP) is 2.39. The van der Waals surface area contributed by atoms with Crippen molar-refractivity contribution in [2.45, 2.75) is 0 Å². The van der Waals surface area contributed by atoms with Crippen LogP contribution in [0.3, 0.4) is 0 Å². The summed E-state index contributed by atoms with van der Waals surface area (Å²) in [6, 6.07) is 9.41. The van der Waals surface area contributed by atoms with Crippen molar-refractivity contribution in [1.29, 1.82) is 0 Å². The van der Waals surface area contributed by atoms with Gasteiger partial charge in [0.15, 0.2) is 0 Å². The number of anilines is 1. The molecule has 8 nitrogen and oxygen atoms in total. The van der Waals surface area contributed by atoms with Crippen LogP contribution in [0.4, 0.5) is 11.4 Å². The lowest BCUT2D eigenvalue weighted by Gasteiger charge is -2.11. The fourth-order valence-corrected chi connectivity index (χ4v) is 2.14. The van der Waals surface area contributed by atoms with Crippen molar-refractivity contribution in [1.82, 2.24) is 0 Å². The summed E-state index contributed by atoms with van der Waals surface area (Å²) in [5.41, 5.74) is 0.202. The van der Waals surface area contributed by atoms with Crippen molar-refractivity contribution in [3.8, 4) is 0 Å². The Hall–Kier alpha value is -3.42. The normalized spacial score (nSPS) is 11.0. The van der Waals surface area contributed by atoms with Crippen LogP contribution in [0.25, 0.3) is 10.8 Å². The number of nitrogens with zero attached hydrogens (tertiary/aromatic N) is 1. The highest BCUT2D eigenvalue weighted by Gasteiger charge is 2.16. The average molecular weight is 330 g/mol. The van der Waals surface area contributed by atoms with Gasteiger partial charge in [0.2, 0.25) is 0 Å². The van der Waals surface area contributed by atoms with Crippen molar-refractivity contribution in [2.24, 2.45) is 0 Å². The van der Waals surface area contributed by atoms with Crippen LogP contribution in [0.2, 0.25) is 0 Å². The van der Waals surface area contributed by atoms with Gasteiger partial charge in [0.1, 0.15) is 5.70 Å². The van der Waals surface area contributed by atoms with E-state index in [4.69, 9.17) is 0 Å². The molecule has 0 aliphatic carbocycles. The largest absolute Gasteiger partial charge is 0.466 e. The van der Waals surface area contributed by atoms with Gasteiger partial charge in [-0.1, -0.05) is 18.2 Å². The van der Waals surface area contributed by atoms with Gasteiger partial charge in [-0.3, -0.25) is 10.1 Å². The summed E-state index contributed by atoms with van der Waals surface area (Å²) in [5, 5.41) is 14.8. The molecule has 0 spiro atoms. The molecule has 0 saturated carbocycles. The van der Waals surface area contributed by atoms with Gasteiger partial charge in [-0.25, -0.2) is 9.59 Å². The molecule has 0 fully saturated rings. The highest BCUT2D eigenvalue weighted by molar-refractivity contribution is 6.04. The Morgan fingerprint density at radius 2 is 1.75 bits per heavy atom. The molecule has 0 atom stereocenters. The van der Waals surface area contributed by atoms with Gasteiger partial charge in [0.25, 0.3) is 5.69 Å². The van der Waals surface area contributed by atoms with E-state index >= 15 is 0 Å². The van der Waals surface area contributed by atoms with E-state index in [-0.39, 0.29) is 11.4 Å². The summed E-state index contributed by atoms with van der Waals surface area (Å²) in [5.74, 6) is -1.52. The number of methoxy groups -OCH3 is 2. The molecule has 0 aromatic heterocycles. The second-order valence-electron chi connectivity index (χ2n) is 4.63. The number of ether oxygens (including phenoxy) is 2. The van der Waals surface area contributed by atoms with Crippen LogP contribution >= 0.6 is 0 Å². The molecule has 0 unspecified atom stereocenters. The maximum absolute atomic E-state index is 11.8. The van der Waals surface area contributed by atoms with Crippen LogP contribution in [0.15, 0.2) is 48.2 Å². The maximum Gasteiger partial charge on any atom is 0.354 e. The molecular formula is C16H14N2O6. The Kier molecular flexibility index (Phi) is 5.10. The highest BCUT2D eigenvalue weighted by Crippen LogP contribution is 2.31. The number of carbonyl (C=O) groups is 2. The third-order valence-electron chi connectivity index (χ3n) is 3.23. The predicted molar refractivity (Wildman–Crippen MR) is 86.3 cm³/mol. The number of nitrogens with one attached hydrogen (secondary N) is 1. The Labute approximate surface area is 136 Å². The SMILES string of the molecule is COC(=O)/C=C(/Nc1cccc2c([N+](=O)[O-])cccc12)C(=O)OC. The number of carbonyl (C=O) groups excluding carboxylic acids is 2. The van der Waals surface area contributed by atoms with E-state index in [0.29, 0.717) is 16.5 Å². The quantitative estimate of drug-likeness (QED) is 0.388. The molecule has 0 aliphatic heterocycles. The first-order chi connectivity index (χ1) is 11.5. The first-order valence-electron chi connectivity index (χ1n) is 6.79.